The van der Waals surface area contributed by atoms with Crippen LogP contribution in [-0.4, -0.2) is 44.3 Å². The van der Waals surface area contributed by atoms with Crippen LogP contribution in [0.2, 0.25) is 0 Å². The number of rotatable bonds is 26. The van der Waals surface area contributed by atoms with E-state index in [-0.39, 0.29) is 42.4 Å². The minimum Gasteiger partial charge on any atom is -0.481 e. The highest BCUT2D eigenvalue weighted by atomic mass is 16.4. The summed E-state index contributed by atoms with van der Waals surface area (Å²) in [4.78, 5) is 43.9. The lowest BCUT2D eigenvalue weighted by atomic mass is 9.76. The second-order valence-electron chi connectivity index (χ2n) is 14.3. The Morgan fingerprint density at radius 3 is 1.62 bits per heavy atom. The fraction of sp³-hybridized carbons (Fsp3) is 0.714. The molecule has 0 aliphatic heterocycles. The predicted octanol–water partition coefficient (Wildman–Crippen LogP) is 10.9. The van der Waals surface area contributed by atoms with Crippen LogP contribution in [0, 0.1) is 35.5 Å². The van der Waals surface area contributed by atoms with Gasteiger partial charge < -0.3 is 20.4 Å². The zero-order chi connectivity index (χ0) is 37.0. The Kier molecular flexibility index (Phi) is 25.6. The van der Waals surface area contributed by atoms with E-state index >= 15 is 0 Å². The third kappa shape index (κ3) is 21.8. The van der Waals surface area contributed by atoms with Crippen molar-refractivity contribution < 1.29 is 39.6 Å². The Labute approximate surface area is 302 Å². The van der Waals surface area contributed by atoms with Crippen LogP contribution in [0.3, 0.4) is 0 Å². The maximum Gasteiger partial charge on any atom is 0.307 e. The molecule has 0 spiro atoms. The summed E-state index contributed by atoms with van der Waals surface area (Å²) in [7, 11) is 0. The van der Waals surface area contributed by atoms with E-state index in [1.54, 1.807) is 0 Å². The van der Waals surface area contributed by atoms with E-state index in [1.807, 2.05) is 0 Å². The molecule has 0 bridgehead atoms. The molecular formula is C42H68O8. The Morgan fingerprint density at radius 2 is 1.08 bits per heavy atom. The summed E-state index contributed by atoms with van der Waals surface area (Å²) in [5.41, 5.74) is 0. The van der Waals surface area contributed by atoms with Gasteiger partial charge in [-0.25, -0.2) is 0 Å². The van der Waals surface area contributed by atoms with Crippen LogP contribution in [-0.2, 0) is 19.2 Å². The SMILES string of the molecule is CCCCC1C=CC(/C=C/CCCCCCCC(=O)O)C(C(=O)O)C1.CCCCC1C=CC(/C=C/CCCCCCCC(=O)O)CC1C(=O)O. The lowest BCUT2D eigenvalue weighted by Crippen LogP contribution is -2.27. The molecule has 50 heavy (non-hydrogen) atoms. The molecule has 8 heteroatoms. The minimum atomic E-state index is -0.714. The van der Waals surface area contributed by atoms with Crippen molar-refractivity contribution in [3.8, 4) is 0 Å². The van der Waals surface area contributed by atoms with Crippen molar-refractivity contribution >= 4 is 23.9 Å². The number of aliphatic carboxylic acids is 4. The molecule has 6 unspecified atom stereocenters. The Hall–Kier alpha value is -3.16. The first-order valence-corrected chi connectivity index (χ1v) is 19.7. The minimum absolute atomic E-state index is 0.0194. The highest BCUT2D eigenvalue weighted by Crippen LogP contribution is 2.34. The van der Waals surface area contributed by atoms with Crippen molar-refractivity contribution in [2.24, 2.45) is 35.5 Å². The molecule has 4 N–H and O–H groups in total. The Balaban J connectivity index is 0.000000500. The quantitative estimate of drug-likeness (QED) is 0.0514. The number of hydrogen-bond donors (Lipinski definition) is 4. The highest BCUT2D eigenvalue weighted by molar-refractivity contribution is 5.72. The average Bonchev–Trinajstić information content (AvgIpc) is 3.08. The van der Waals surface area contributed by atoms with Gasteiger partial charge in [-0.1, -0.05) is 127 Å². The molecular weight excluding hydrogens is 632 g/mol. The number of carboxylic acid groups (broad SMARTS) is 4. The molecule has 0 heterocycles. The topological polar surface area (TPSA) is 149 Å². The molecule has 0 aromatic carbocycles. The van der Waals surface area contributed by atoms with Gasteiger partial charge in [0.1, 0.15) is 0 Å². The molecule has 0 aromatic heterocycles. The largest absolute Gasteiger partial charge is 0.481 e. The maximum absolute atomic E-state index is 11.6. The van der Waals surface area contributed by atoms with E-state index in [9.17, 15) is 29.4 Å². The first kappa shape index (κ1) is 44.9. The van der Waals surface area contributed by atoms with E-state index in [0.717, 1.165) is 122 Å². The Bertz CT molecular complexity index is 1070. The van der Waals surface area contributed by atoms with E-state index in [1.165, 1.54) is 0 Å². The zero-order valence-electron chi connectivity index (χ0n) is 31.1. The van der Waals surface area contributed by atoms with Crippen LogP contribution < -0.4 is 0 Å². The van der Waals surface area contributed by atoms with Gasteiger partial charge in [0.25, 0.3) is 0 Å². The summed E-state index contributed by atoms with van der Waals surface area (Å²) >= 11 is 0. The summed E-state index contributed by atoms with van der Waals surface area (Å²) in [5, 5.41) is 36.1. The van der Waals surface area contributed by atoms with Gasteiger partial charge >= 0.3 is 23.9 Å². The first-order valence-electron chi connectivity index (χ1n) is 19.7. The van der Waals surface area contributed by atoms with Crippen LogP contribution in [0.1, 0.15) is 155 Å². The smallest absolute Gasteiger partial charge is 0.307 e. The summed E-state index contributed by atoms with van der Waals surface area (Å²) in [5.74, 6) is -2.44. The molecule has 2 aliphatic carbocycles. The van der Waals surface area contributed by atoms with Crippen molar-refractivity contribution in [2.45, 2.75) is 155 Å². The molecule has 8 nitrogen and oxygen atoms in total. The van der Waals surface area contributed by atoms with Crippen LogP contribution in [0.5, 0.6) is 0 Å². The number of carbonyl (C=O) groups is 4. The van der Waals surface area contributed by atoms with Crippen molar-refractivity contribution in [3.63, 3.8) is 0 Å². The van der Waals surface area contributed by atoms with Gasteiger partial charge in [0, 0.05) is 18.8 Å². The van der Waals surface area contributed by atoms with Crippen LogP contribution >= 0.6 is 0 Å². The summed E-state index contributed by atoms with van der Waals surface area (Å²) in [6.07, 6.45) is 37.8. The molecule has 0 amide bonds. The van der Waals surface area contributed by atoms with Gasteiger partial charge in [-0.05, 0) is 82.0 Å². The Morgan fingerprint density at radius 1 is 0.560 bits per heavy atom. The molecule has 6 atom stereocenters. The summed E-state index contributed by atoms with van der Waals surface area (Å²) in [6.45, 7) is 4.30. The van der Waals surface area contributed by atoms with Crippen molar-refractivity contribution in [2.75, 3.05) is 0 Å². The lowest BCUT2D eigenvalue weighted by molar-refractivity contribution is -0.144. The van der Waals surface area contributed by atoms with E-state index in [4.69, 9.17) is 10.2 Å². The van der Waals surface area contributed by atoms with E-state index in [0.29, 0.717) is 12.3 Å². The van der Waals surface area contributed by atoms with Gasteiger partial charge in [-0.3, -0.25) is 19.2 Å². The normalized spacial score (nSPS) is 23.2. The monoisotopic (exact) mass is 700 g/mol. The van der Waals surface area contributed by atoms with Gasteiger partial charge in [0.05, 0.1) is 11.8 Å². The third-order valence-corrected chi connectivity index (χ3v) is 9.99. The van der Waals surface area contributed by atoms with Crippen LogP contribution in [0.4, 0.5) is 0 Å². The lowest BCUT2D eigenvalue weighted by Gasteiger charge is -2.27. The maximum atomic E-state index is 11.6. The predicted molar refractivity (Wildman–Crippen MR) is 201 cm³/mol. The third-order valence-electron chi connectivity index (χ3n) is 9.99. The van der Waals surface area contributed by atoms with Crippen LogP contribution in [0.15, 0.2) is 48.6 Å². The molecule has 0 radical (unpaired) electrons. The van der Waals surface area contributed by atoms with E-state index in [2.05, 4.69) is 62.5 Å². The fourth-order valence-corrected chi connectivity index (χ4v) is 6.92. The van der Waals surface area contributed by atoms with Crippen molar-refractivity contribution in [1.29, 1.82) is 0 Å². The fourth-order valence-electron chi connectivity index (χ4n) is 6.92. The number of unbranched alkanes of at least 4 members (excludes halogenated alkanes) is 12. The van der Waals surface area contributed by atoms with Gasteiger partial charge in [-0.2, -0.15) is 0 Å². The summed E-state index contributed by atoms with van der Waals surface area (Å²) < 4.78 is 0. The number of carboxylic acids is 4. The van der Waals surface area contributed by atoms with Gasteiger partial charge in [0.2, 0.25) is 0 Å². The molecule has 0 fully saturated rings. The zero-order valence-corrected chi connectivity index (χ0v) is 31.1. The second kappa shape index (κ2) is 28.5. The molecule has 0 aromatic rings. The van der Waals surface area contributed by atoms with Crippen molar-refractivity contribution in [3.05, 3.63) is 48.6 Å². The standard InChI is InChI=1S/2C21H34O4/c1-2-3-12-18-15-14-17(16-19(18)21(24)25)11-9-7-5-4-6-8-10-13-20(22)23;1-2-3-11-17-14-15-18(19(16-17)21(24)25)12-9-7-5-4-6-8-10-13-20(22)23/h9,11,14-15,17-19H,2-8,10,12-13,16H2,1H3,(H,22,23)(H,24,25);9,12,14-15,17-19H,2-8,10-11,13,16H2,1H3,(H,22,23)(H,24,25)/b11-9+;12-9+. The molecule has 2 rings (SSSR count). The second-order valence-corrected chi connectivity index (χ2v) is 14.3. The number of allylic oxidation sites excluding steroid dienone is 8. The average molecular weight is 701 g/mol. The molecule has 0 saturated carbocycles. The molecule has 284 valence electrons. The highest BCUT2D eigenvalue weighted by Gasteiger charge is 2.31. The van der Waals surface area contributed by atoms with E-state index < -0.39 is 23.9 Å². The van der Waals surface area contributed by atoms with Crippen LogP contribution in [0.25, 0.3) is 0 Å². The van der Waals surface area contributed by atoms with Gasteiger partial charge in [0.15, 0.2) is 0 Å². The number of hydrogen-bond acceptors (Lipinski definition) is 4. The molecule has 2 aliphatic rings. The van der Waals surface area contributed by atoms with Crippen molar-refractivity contribution in [1.82, 2.24) is 0 Å². The summed E-state index contributed by atoms with van der Waals surface area (Å²) in [6, 6.07) is 0. The van der Waals surface area contributed by atoms with Gasteiger partial charge in [-0.15, -0.1) is 0 Å². The first-order chi connectivity index (χ1) is 24.1. The molecule has 0 saturated heterocycles.